The number of aryl methyl sites for hydroxylation is 2. The smallest absolute Gasteiger partial charge is 0.326 e. The highest BCUT2D eigenvalue weighted by atomic mass is 79.9. The van der Waals surface area contributed by atoms with E-state index >= 15 is 0 Å². The number of carbonyl (C=O) groups excluding carboxylic acids is 1. The van der Waals surface area contributed by atoms with Gasteiger partial charge in [-0.3, -0.25) is 4.79 Å². The highest BCUT2D eigenvalue weighted by Gasteiger charge is 2.37. The Morgan fingerprint density at radius 2 is 1.95 bits per heavy atom. The summed E-state index contributed by atoms with van der Waals surface area (Å²) in [6.45, 7) is 3.74. The Hall–Kier alpha value is -1.36. The van der Waals surface area contributed by atoms with Crippen molar-refractivity contribution in [3.05, 3.63) is 33.3 Å². The van der Waals surface area contributed by atoms with Gasteiger partial charge in [0.2, 0.25) is 0 Å². The van der Waals surface area contributed by atoms with E-state index in [9.17, 15) is 9.59 Å². The van der Waals surface area contributed by atoms with E-state index in [2.05, 4.69) is 21.2 Å². The van der Waals surface area contributed by atoms with Gasteiger partial charge in [0.15, 0.2) is 0 Å². The predicted octanol–water partition coefficient (Wildman–Crippen LogP) is 2.66. The Kier molecular flexibility index (Phi) is 3.94. The van der Waals surface area contributed by atoms with E-state index in [1.165, 1.54) is 0 Å². The highest BCUT2D eigenvalue weighted by molar-refractivity contribution is 9.10. The molecule has 2 rings (SSSR count). The minimum atomic E-state index is -0.956. The first kappa shape index (κ1) is 14.1. The van der Waals surface area contributed by atoms with E-state index < -0.39 is 12.0 Å². The van der Waals surface area contributed by atoms with Crippen LogP contribution in [0.5, 0.6) is 0 Å². The van der Waals surface area contributed by atoms with E-state index in [1.807, 2.05) is 19.9 Å². The zero-order valence-electron chi connectivity index (χ0n) is 10.9. The minimum Gasteiger partial charge on any atom is -0.480 e. The van der Waals surface area contributed by atoms with Crippen molar-refractivity contribution in [2.24, 2.45) is 5.92 Å². The number of carboxylic acid groups (broad SMARTS) is 1. The lowest BCUT2D eigenvalue weighted by Gasteiger charge is -2.15. The molecule has 1 fully saturated rings. The number of hydrogen-bond donors (Lipinski definition) is 2. The summed E-state index contributed by atoms with van der Waals surface area (Å²) in [4.78, 5) is 23.3. The number of rotatable bonds is 4. The summed E-state index contributed by atoms with van der Waals surface area (Å²) in [7, 11) is 0. The van der Waals surface area contributed by atoms with Gasteiger partial charge in [0.05, 0.1) is 0 Å². The molecule has 0 saturated heterocycles. The summed E-state index contributed by atoms with van der Waals surface area (Å²) in [6, 6.07) is 2.88. The van der Waals surface area contributed by atoms with Crippen LogP contribution in [0.25, 0.3) is 0 Å². The van der Waals surface area contributed by atoms with Crippen molar-refractivity contribution in [3.63, 3.8) is 0 Å². The average Bonchev–Trinajstić information content (AvgIpc) is 3.14. The van der Waals surface area contributed by atoms with Crippen molar-refractivity contribution < 1.29 is 14.7 Å². The molecule has 1 atom stereocenters. The minimum absolute atomic E-state index is 0.0818. The normalized spacial score (nSPS) is 15.9. The molecule has 0 aliphatic heterocycles. The zero-order valence-corrected chi connectivity index (χ0v) is 12.5. The topological polar surface area (TPSA) is 66.4 Å². The summed E-state index contributed by atoms with van der Waals surface area (Å²) in [5, 5.41) is 11.8. The van der Waals surface area contributed by atoms with Gasteiger partial charge in [-0.2, -0.15) is 0 Å². The lowest BCUT2D eigenvalue weighted by atomic mass is 10.0. The van der Waals surface area contributed by atoms with Crippen LogP contribution in [0.15, 0.2) is 16.6 Å². The molecule has 1 unspecified atom stereocenters. The third-order valence-electron chi connectivity index (χ3n) is 3.40. The van der Waals surface area contributed by atoms with Crippen LogP contribution in [-0.4, -0.2) is 23.0 Å². The Morgan fingerprint density at radius 3 is 2.47 bits per heavy atom. The fourth-order valence-corrected chi connectivity index (χ4v) is 2.51. The molecule has 1 amide bonds. The average molecular weight is 326 g/mol. The predicted molar refractivity (Wildman–Crippen MR) is 75.2 cm³/mol. The summed E-state index contributed by atoms with van der Waals surface area (Å²) in [6.07, 6.45) is 1.74. The van der Waals surface area contributed by atoms with E-state index in [1.54, 1.807) is 6.07 Å². The number of carbonyl (C=O) groups is 2. The summed E-state index contributed by atoms with van der Waals surface area (Å²) in [5.41, 5.74) is 2.32. The Morgan fingerprint density at radius 1 is 1.32 bits per heavy atom. The molecule has 1 saturated carbocycles. The number of hydrogen-bond acceptors (Lipinski definition) is 2. The molecule has 5 heteroatoms. The molecule has 1 aromatic rings. The standard InChI is InChI=1S/C14H16BrNO3/c1-7-6-11(15)8(2)5-10(7)13(17)16-12(14(18)19)9-3-4-9/h5-6,9,12H,3-4H2,1-2H3,(H,16,17)(H,18,19). The van der Waals surface area contributed by atoms with Crippen LogP contribution >= 0.6 is 15.9 Å². The first-order chi connectivity index (χ1) is 8.90. The number of halogens is 1. The Labute approximate surface area is 120 Å². The first-order valence-electron chi connectivity index (χ1n) is 6.20. The molecule has 0 aromatic heterocycles. The van der Waals surface area contributed by atoms with Crippen molar-refractivity contribution in [1.29, 1.82) is 0 Å². The largest absolute Gasteiger partial charge is 0.480 e. The summed E-state index contributed by atoms with van der Waals surface area (Å²) in [5.74, 6) is -1.19. The molecular formula is C14H16BrNO3. The molecule has 4 nitrogen and oxygen atoms in total. The number of benzene rings is 1. The van der Waals surface area contributed by atoms with Crippen molar-refractivity contribution >= 4 is 27.8 Å². The third-order valence-corrected chi connectivity index (χ3v) is 4.25. The van der Waals surface area contributed by atoms with Crippen LogP contribution in [0.3, 0.4) is 0 Å². The molecule has 102 valence electrons. The first-order valence-corrected chi connectivity index (χ1v) is 7.00. The van der Waals surface area contributed by atoms with Gasteiger partial charge in [-0.1, -0.05) is 15.9 Å². The van der Waals surface area contributed by atoms with Crippen LogP contribution in [0.4, 0.5) is 0 Å². The van der Waals surface area contributed by atoms with Gasteiger partial charge in [0, 0.05) is 10.0 Å². The molecule has 1 aromatic carbocycles. The van der Waals surface area contributed by atoms with Gasteiger partial charge in [0.1, 0.15) is 6.04 Å². The molecule has 0 spiro atoms. The monoisotopic (exact) mass is 325 g/mol. The van der Waals surface area contributed by atoms with Gasteiger partial charge in [0.25, 0.3) is 5.91 Å². The SMILES string of the molecule is Cc1cc(C(=O)NC(C(=O)O)C2CC2)c(C)cc1Br. The maximum atomic E-state index is 12.2. The maximum Gasteiger partial charge on any atom is 0.326 e. The van der Waals surface area contributed by atoms with E-state index in [4.69, 9.17) is 5.11 Å². The summed E-state index contributed by atoms with van der Waals surface area (Å²) >= 11 is 3.41. The summed E-state index contributed by atoms with van der Waals surface area (Å²) < 4.78 is 0.943. The second-order valence-electron chi connectivity index (χ2n) is 5.04. The van der Waals surface area contributed by atoms with Gasteiger partial charge in [-0.15, -0.1) is 0 Å². The molecule has 19 heavy (non-hydrogen) atoms. The Balaban J connectivity index is 2.19. The molecule has 1 aliphatic carbocycles. The zero-order chi connectivity index (χ0) is 14.2. The quantitative estimate of drug-likeness (QED) is 0.894. The third kappa shape index (κ3) is 3.15. The molecule has 0 heterocycles. The molecule has 0 bridgehead atoms. The van der Waals surface area contributed by atoms with Crippen LogP contribution in [0.1, 0.15) is 34.3 Å². The van der Waals surface area contributed by atoms with Gasteiger partial charge in [-0.25, -0.2) is 4.79 Å². The lowest BCUT2D eigenvalue weighted by molar-refractivity contribution is -0.139. The molecular weight excluding hydrogens is 310 g/mol. The molecule has 2 N–H and O–H groups in total. The van der Waals surface area contributed by atoms with Crippen LogP contribution in [0.2, 0.25) is 0 Å². The Bertz CT molecular complexity index is 538. The van der Waals surface area contributed by atoms with E-state index in [0.717, 1.165) is 28.4 Å². The van der Waals surface area contributed by atoms with Gasteiger partial charge >= 0.3 is 5.97 Å². The van der Waals surface area contributed by atoms with Crippen molar-refractivity contribution in [3.8, 4) is 0 Å². The van der Waals surface area contributed by atoms with Crippen molar-refractivity contribution in [2.45, 2.75) is 32.7 Å². The lowest BCUT2D eigenvalue weighted by Crippen LogP contribution is -2.42. The number of nitrogens with one attached hydrogen (secondary N) is 1. The van der Waals surface area contributed by atoms with E-state index in [-0.39, 0.29) is 11.8 Å². The second-order valence-corrected chi connectivity index (χ2v) is 5.90. The van der Waals surface area contributed by atoms with Gasteiger partial charge < -0.3 is 10.4 Å². The van der Waals surface area contributed by atoms with Crippen LogP contribution in [0, 0.1) is 19.8 Å². The second kappa shape index (κ2) is 5.33. The van der Waals surface area contributed by atoms with E-state index in [0.29, 0.717) is 5.56 Å². The van der Waals surface area contributed by atoms with Crippen LogP contribution in [-0.2, 0) is 4.79 Å². The number of aliphatic carboxylic acids is 1. The number of carboxylic acids is 1. The highest BCUT2D eigenvalue weighted by Crippen LogP contribution is 2.33. The fourth-order valence-electron chi connectivity index (χ4n) is 2.06. The van der Waals surface area contributed by atoms with Crippen LogP contribution < -0.4 is 5.32 Å². The van der Waals surface area contributed by atoms with Crippen molar-refractivity contribution in [2.75, 3.05) is 0 Å². The van der Waals surface area contributed by atoms with Gasteiger partial charge in [-0.05, 0) is 55.9 Å². The fraction of sp³-hybridized carbons (Fsp3) is 0.429. The number of amides is 1. The molecule has 0 radical (unpaired) electrons. The molecule has 1 aliphatic rings. The maximum absolute atomic E-state index is 12.2. The van der Waals surface area contributed by atoms with Crippen molar-refractivity contribution in [1.82, 2.24) is 5.32 Å².